The van der Waals surface area contributed by atoms with E-state index < -0.39 is 33.9 Å². The summed E-state index contributed by atoms with van der Waals surface area (Å²) in [7, 11) is -3.65. The number of rotatable bonds is 17. The monoisotopic (exact) mass is 589 g/mol. The first-order valence-corrected chi connectivity index (χ1v) is 15.2. The van der Waals surface area contributed by atoms with Crippen LogP contribution in [0.3, 0.4) is 0 Å². The van der Waals surface area contributed by atoms with Gasteiger partial charge in [-0.15, -0.1) is 0 Å². The van der Waals surface area contributed by atoms with Crippen LogP contribution in [-0.4, -0.2) is 86.7 Å². The van der Waals surface area contributed by atoms with Gasteiger partial charge in [0.15, 0.2) is 0 Å². The molecule has 0 bridgehead atoms. The first-order chi connectivity index (χ1) is 19.6. The highest BCUT2D eigenvalue weighted by molar-refractivity contribution is 7.89. The molecule has 0 spiro atoms. The van der Waals surface area contributed by atoms with E-state index in [1.165, 1.54) is 33.5 Å². The first kappa shape index (κ1) is 33.8. The molecule has 2 unspecified atom stereocenters. The van der Waals surface area contributed by atoms with E-state index in [-0.39, 0.29) is 36.7 Å². The van der Waals surface area contributed by atoms with Crippen LogP contribution in [-0.2, 0) is 30.8 Å². The van der Waals surface area contributed by atoms with Crippen LogP contribution in [0.1, 0.15) is 32.3 Å². The van der Waals surface area contributed by atoms with Crippen molar-refractivity contribution in [3.8, 4) is 0 Å². The fourth-order valence-corrected chi connectivity index (χ4v) is 5.70. The minimum absolute atomic E-state index is 0.113. The molecule has 0 saturated carbocycles. The molecular weight excluding hydrogens is 546 g/mol. The lowest BCUT2D eigenvalue weighted by Gasteiger charge is -2.24. The minimum atomic E-state index is -3.65. The van der Waals surface area contributed by atoms with Crippen molar-refractivity contribution in [1.82, 2.24) is 14.5 Å². The number of nitrogens with one attached hydrogen (secondary N) is 2. The molecule has 2 aromatic rings. The number of nitrogens with zero attached hydrogens (tertiary/aromatic N) is 2. The Hall–Kier alpha value is -3.36. The lowest BCUT2D eigenvalue weighted by molar-refractivity contribution is -0.134. The van der Waals surface area contributed by atoms with Gasteiger partial charge in [0.05, 0.1) is 17.4 Å². The topological polar surface area (TPSA) is 194 Å². The number of aryl methyl sites for hydroxylation is 1. The van der Waals surface area contributed by atoms with Crippen LogP contribution in [0.5, 0.6) is 0 Å². The van der Waals surface area contributed by atoms with Gasteiger partial charge in [-0.3, -0.25) is 14.4 Å². The number of carbonyl (C=O) groups excluding carboxylic acids is 3. The van der Waals surface area contributed by atoms with Crippen LogP contribution in [0.4, 0.5) is 5.69 Å². The number of hydrogen-bond acceptors (Lipinski definition) is 8. The van der Waals surface area contributed by atoms with Crippen molar-refractivity contribution in [2.24, 2.45) is 17.2 Å². The SMILES string of the molecule is CCN(CC)S(=O)(=O)c1ccc(NC(=O)C(CCc2ccccc2)NC(=O)C(N)CC(=O)N(CCN)CCN)cc1. The largest absolute Gasteiger partial charge is 0.343 e. The summed E-state index contributed by atoms with van der Waals surface area (Å²) in [5.74, 6) is -1.50. The van der Waals surface area contributed by atoms with Crippen molar-refractivity contribution in [3.05, 3.63) is 60.2 Å². The van der Waals surface area contributed by atoms with E-state index in [1.54, 1.807) is 13.8 Å². The van der Waals surface area contributed by atoms with E-state index in [9.17, 15) is 22.8 Å². The van der Waals surface area contributed by atoms with Gasteiger partial charge in [0, 0.05) is 45.0 Å². The molecule has 0 aliphatic heterocycles. The molecule has 0 aliphatic rings. The Morgan fingerprint density at radius 2 is 1.46 bits per heavy atom. The molecule has 2 atom stereocenters. The summed E-state index contributed by atoms with van der Waals surface area (Å²) in [6.07, 6.45) is 0.500. The molecule has 2 rings (SSSR count). The van der Waals surface area contributed by atoms with Crippen molar-refractivity contribution >= 4 is 33.4 Å². The lowest BCUT2D eigenvalue weighted by atomic mass is 10.0. The van der Waals surface area contributed by atoms with Crippen LogP contribution in [0.2, 0.25) is 0 Å². The van der Waals surface area contributed by atoms with E-state index in [2.05, 4.69) is 10.6 Å². The molecule has 0 aromatic heterocycles. The van der Waals surface area contributed by atoms with Crippen LogP contribution in [0.15, 0.2) is 59.5 Å². The lowest BCUT2D eigenvalue weighted by Crippen LogP contribution is -2.52. The molecule has 226 valence electrons. The molecule has 8 N–H and O–H groups in total. The average molecular weight is 590 g/mol. The first-order valence-electron chi connectivity index (χ1n) is 13.8. The van der Waals surface area contributed by atoms with Gasteiger partial charge in [-0.25, -0.2) is 8.42 Å². The third-order valence-electron chi connectivity index (χ3n) is 6.54. The molecular formula is C28H43N7O5S. The van der Waals surface area contributed by atoms with Crippen molar-refractivity contribution in [3.63, 3.8) is 0 Å². The summed E-state index contributed by atoms with van der Waals surface area (Å²) >= 11 is 0. The molecule has 41 heavy (non-hydrogen) atoms. The third kappa shape index (κ3) is 10.2. The zero-order valence-corrected chi connectivity index (χ0v) is 24.6. The number of benzene rings is 2. The van der Waals surface area contributed by atoms with Gasteiger partial charge in [0.25, 0.3) is 0 Å². The van der Waals surface area contributed by atoms with Crippen LogP contribution in [0.25, 0.3) is 0 Å². The molecule has 0 heterocycles. The molecule has 0 aliphatic carbocycles. The van der Waals surface area contributed by atoms with E-state index in [0.29, 0.717) is 38.3 Å². The molecule has 0 fully saturated rings. The third-order valence-corrected chi connectivity index (χ3v) is 8.61. The van der Waals surface area contributed by atoms with Crippen molar-refractivity contribution in [2.45, 2.75) is 50.1 Å². The van der Waals surface area contributed by atoms with E-state index in [1.807, 2.05) is 30.3 Å². The highest BCUT2D eigenvalue weighted by Crippen LogP contribution is 2.19. The van der Waals surface area contributed by atoms with Gasteiger partial charge in [-0.05, 0) is 42.7 Å². The van der Waals surface area contributed by atoms with Gasteiger partial charge >= 0.3 is 0 Å². The maximum atomic E-state index is 13.3. The highest BCUT2D eigenvalue weighted by atomic mass is 32.2. The number of sulfonamides is 1. The summed E-state index contributed by atoms with van der Waals surface area (Å²) in [5, 5.41) is 5.43. The van der Waals surface area contributed by atoms with Crippen molar-refractivity contribution < 1.29 is 22.8 Å². The fourth-order valence-electron chi connectivity index (χ4n) is 4.24. The molecule has 3 amide bonds. The quantitative estimate of drug-likeness (QED) is 0.173. The van der Waals surface area contributed by atoms with Gasteiger partial charge in [0.2, 0.25) is 27.7 Å². The van der Waals surface area contributed by atoms with Crippen LogP contribution < -0.4 is 27.8 Å². The Labute approximate surface area is 242 Å². The van der Waals surface area contributed by atoms with E-state index >= 15 is 0 Å². The summed E-state index contributed by atoms with van der Waals surface area (Å²) in [5.41, 5.74) is 18.5. The standard InChI is InChI=1S/C28H43N7O5S/c1-3-35(4-2)41(39,40)23-13-11-22(12-14-23)32-28(38)25(15-10-21-8-6-5-7-9-21)33-27(37)24(31)20-26(36)34(18-16-29)19-17-30/h5-9,11-14,24-25H,3-4,10,15-20,29-31H2,1-2H3,(H,32,38)(H,33,37). The van der Waals surface area contributed by atoms with Crippen LogP contribution >= 0.6 is 0 Å². The fraction of sp³-hybridized carbons (Fsp3) is 0.464. The Bertz CT molecular complexity index is 1220. The Morgan fingerprint density at radius 1 is 0.878 bits per heavy atom. The second-order valence-corrected chi connectivity index (χ2v) is 11.4. The molecule has 12 nitrogen and oxygen atoms in total. The summed E-state index contributed by atoms with van der Waals surface area (Å²) < 4.78 is 26.9. The summed E-state index contributed by atoms with van der Waals surface area (Å²) in [4.78, 5) is 40.4. The van der Waals surface area contributed by atoms with Crippen molar-refractivity contribution in [2.75, 3.05) is 44.6 Å². The van der Waals surface area contributed by atoms with Gasteiger partial charge < -0.3 is 32.7 Å². The Kier molecular flexibility index (Phi) is 13.9. The predicted molar refractivity (Wildman–Crippen MR) is 159 cm³/mol. The second-order valence-electron chi connectivity index (χ2n) is 9.46. The molecule has 0 saturated heterocycles. The van der Waals surface area contributed by atoms with Gasteiger partial charge in [-0.1, -0.05) is 44.2 Å². The Balaban J connectivity index is 2.15. The van der Waals surface area contributed by atoms with Gasteiger partial charge in [-0.2, -0.15) is 4.31 Å². The zero-order chi connectivity index (χ0) is 30.4. The maximum absolute atomic E-state index is 13.3. The second kappa shape index (κ2) is 16.8. The van der Waals surface area contributed by atoms with Crippen LogP contribution in [0, 0.1) is 0 Å². The number of nitrogens with two attached hydrogens (primary N) is 3. The van der Waals surface area contributed by atoms with Gasteiger partial charge in [0.1, 0.15) is 6.04 Å². The molecule has 13 heteroatoms. The molecule has 0 radical (unpaired) electrons. The van der Waals surface area contributed by atoms with E-state index in [4.69, 9.17) is 17.2 Å². The normalized spacial score (nSPS) is 12.9. The number of carbonyl (C=O) groups is 3. The summed E-state index contributed by atoms with van der Waals surface area (Å²) in [6.45, 7) is 5.28. The average Bonchev–Trinajstić information content (AvgIpc) is 2.96. The highest BCUT2D eigenvalue weighted by Gasteiger charge is 2.27. The zero-order valence-electron chi connectivity index (χ0n) is 23.8. The predicted octanol–water partition coefficient (Wildman–Crippen LogP) is 0.237. The number of hydrogen-bond donors (Lipinski definition) is 5. The van der Waals surface area contributed by atoms with Crippen molar-refractivity contribution in [1.29, 1.82) is 0 Å². The number of amides is 3. The van der Waals surface area contributed by atoms with E-state index in [0.717, 1.165) is 5.56 Å². The Morgan fingerprint density at radius 3 is 2.00 bits per heavy atom. The maximum Gasteiger partial charge on any atom is 0.246 e. The minimum Gasteiger partial charge on any atom is -0.343 e. The smallest absolute Gasteiger partial charge is 0.246 e. The summed E-state index contributed by atoms with van der Waals surface area (Å²) in [6, 6.07) is 13.2. The molecule has 2 aromatic carbocycles. The number of anilines is 1.